The number of nitrogens with two attached hydrogens (primary N) is 1. The molecule has 4 heteroatoms. The number of carbonyl (C=O) groups is 1. The topological polar surface area (TPSA) is 49.6 Å². The molecule has 70 valence electrons. The zero-order chi connectivity index (χ0) is 9.14. The van der Waals surface area contributed by atoms with Gasteiger partial charge in [0, 0.05) is 26.7 Å². The molecule has 1 unspecified atom stereocenters. The summed E-state index contributed by atoms with van der Waals surface area (Å²) < 4.78 is 0. The fourth-order valence-electron chi connectivity index (χ4n) is 1.32. The lowest BCUT2D eigenvalue weighted by molar-refractivity contribution is 0.193. The summed E-state index contributed by atoms with van der Waals surface area (Å²) in [6.07, 6.45) is 0. The third kappa shape index (κ3) is 1.88. The van der Waals surface area contributed by atoms with E-state index in [4.69, 9.17) is 5.73 Å². The number of nitrogens with zero attached hydrogens (tertiary/aromatic N) is 2. The molecule has 0 aromatic carbocycles. The number of rotatable bonds is 3. The van der Waals surface area contributed by atoms with E-state index in [9.17, 15) is 4.79 Å². The molecule has 1 fully saturated rings. The minimum atomic E-state index is 0.135. The zero-order valence-corrected chi connectivity index (χ0v) is 7.79. The van der Waals surface area contributed by atoms with Gasteiger partial charge in [0.1, 0.15) is 0 Å². The number of hydrogen-bond donors (Lipinski definition) is 1. The molecule has 2 amide bonds. The highest BCUT2D eigenvalue weighted by Gasteiger charge is 2.25. The Morgan fingerprint density at radius 3 is 2.67 bits per heavy atom. The molecule has 0 aliphatic carbocycles. The second-order valence-electron chi connectivity index (χ2n) is 3.49. The largest absolute Gasteiger partial charge is 0.330 e. The van der Waals surface area contributed by atoms with E-state index in [2.05, 4.69) is 6.92 Å². The predicted octanol–water partition coefficient (Wildman–Crippen LogP) is -0.0514. The smallest absolute Gasteiger partial charge is 0.319 e. The second-order valence-corrected chi connectivity index (χ2v) is 3.49. The van der Waals surface area contributed by atoms with Gasteiger partial charge in [0.25, 0.3) is 0 Å². The third-order valence-corrected chi connectivity index (χ3v) is 2.24. The Morgan fingerprint density at radius 2 is 2.25 bits per heavy atom. The average Bonchev–Trinajstić information content (AvgIpc) is 2.36. The molecule has 12 heavy (non-hydrogen) atoms. The van der Waals surface area contributed by atoms with Crippen molar-refractivity contribution in [2.45, 2.75) is 6.92 Å². The summed E-state index contributed by atoms with van der Waals surface area (Å²) in [5.41, 5.74) is 5.48. The van der Waals surface area contributed by atoms with Crippen LogP contribution in [0.4, 0.5) is 4.79 Å². The van der Waals surface area contributed by atoms with Gasteiger partial charge in [-0.15, -0.1) is 0 Å². The first-order valence-corrected chi connectivity index (χ1v) is 4.35. The number of likely N-dealkylation sites (N-methyl/N-ethyl adjacent to an activating group) is 1. The van der Waals surface area contributed by atoms with E-state index >= 15 is 0 Å². The molecular formula is C8H17N3O. The van der Waals surface area contributed by atoms with Crippen LogP contribution >= 0.6 is 0 Å². The highest BCUT2D eigenvalue weighted by molar-refractivity contribution is 5.76. The van der Waals surface area contributed by atoms with Crippen molar-refractivity contribution in [1.29, 1.82) is 0 Å². The minimum Gasteiger partial charge on any atom is -0.330 e. The second kappa shape index (κ2) is 3.76. The Balaban J connectivity index is 2.39. The number of carbonyl (C=O) groups excluding carboxylic acids is 1. The van der Waals surface area contributed by atoms with Crippen LogP contribution in [0.2, 0.25) is 0 Å². The maximum absolute atomic E-state index is 11.4. The molecular weight excluding hydrogens is 154 g/mol. The summed E-state index contributed by atoms with van der Waals surface area (Å²) in [7, 11) is 1.83. The summed E-state index contributed by atoms with van der Waals surface area (Å²) in [5.74, 6) is 0.403. The standard InChI is InChI=1S/C8H17N3O/c1-7(5-9)6-11-4-3-10(2)8(11)12/h7H,3-6,9H2,1-2H3. The van der Waals surface area contributed by atoms with Gasteiger partial charge in [-0.3, -0.25) is 0 Å². The first-order chi connectivity index (χ1) is 5.65. The average molecular weight is 171 g/mol. The first kappa shape index (κ1) is 9.32. The van der Waals surface area contributed by atoms with Crippen molar-refractivity contribution in [3.8, 4) is 0 Å². The Hall–Kier alpha value is -0.770. The fourth-order valence-corrected chi connectivity index (χ4v) is 1.32. The molecule has 0 spiro atoms. The van der Waals surface area contributed by atoms with Gasteiger partial charge in [-0.05, 0) is 12.5 Å². The lowest BCUT2D eigenvalue weighted by atomic mass is 10.2. The van der Waals surface area contributed by atoms with E-state index in [0.717, 1.165) is 19.6 Å². The van der Waals surface area contributed by atoms with E-state index < -0.39 is 0 Å². The maximum atomic E-state index is 11.4. The summed E-state index contributed by atoms with van der Waals surface area (Å²) >= 11 is 0. The quantitative estimate of drug-likeness (QED) is 0.647. The molecule has 0 aromatic heterocycles. The number of amides is 2. The predicted molar refractivity (Wildman–Crippen MR) is 47.8 cm³/mol. The van der Waals surface area contributed by atoms with Crippen LogP contribution < -0.4 is 5.73 Å². The van der Waals surface area contributed by atoms with Crippen LogP contribution in [0, 0.1) is 5.92 Å². The Morgan fingerprint density at radius 1 is 1.58 bits per heavy atom. The lowest BCUT2D eigenvalue weighted by Gasteiger charge is -2.19. The van der Waals surface area contributed by atoms with Crippen molar-refractivity contribution in [3.63, 3.8) is 0 Å². The van der Waals surface area contributed by atoms with Gasteiger partial charge >= 0.3 is 6.03 Å². The highest BCUT2D eigenvalue weighted by atomic mass is 16.2. The summed E-state index contributed by atoms with van der Waals surface area (Å²) in [6.45, 7) is 5.19. The van der Waals surface area contributed by atoms with E-state index in [1.165, 1.54) is 0 Å². The lowest BCUT2D eigenvalue weighted by Crippen LogP contribution is -2.34. The Labute approximate surface area is 73.3 Å². The SMILES string of the molecule is CC(CN)CN1CCN(C)C1=O. The first-order valence-electron chi connectivity index (χ1n) is 4.35. The van der Waals surface area contributed by atoms with Crippen LogP contribution in [0.1, 0.15) is 6.92 Å². The van der Waals surface area contributed by atoms with Crippen LogP contribution in [-0.2, 0) is 0 Å². The van der Waals surface area contributed by atoms with E-state index in [1.54, 1.807) is 4.90 Å². The summed E-state index contributed by atoms with van der Waals surface area (Å²) in [5, 5.41) is 0. The van der Waals surface area contributed by atoms with Crippen molar-refractivity contribution in [3.05, 3.63) is 0 Å². The Kier molecular flexibility index (Phi) is 2.92. The molecule has 1 heterocycles. The van der Waals surface area contributed by atoms with Crippen molar-refractivity contribution < 1.29 is 4.79 Å². The summed E-state index contributed by atoms with van der Waals surface area (Å²) in [6, 6.07) is 0.135. The molecule has 1 aliphatic heterocycles. The molecule has 1 atom stereocenters. The molecule has 0 saturated carbocycles. The molecule has 2 N–H and O–H groups in total. The molecule has 0 bridgehead atoms. The monoisotopic (exact) mass is 171 g/mol. The van der Waals surface area contributed by atoms with Crippen molar-refractivity contribution in [1.82, 2.24) is 9.80 Å². The van der Waals surface area contributed by atoms with Gasteiger partial charge in [-0.1, -0.05) is 6.92 Å². The Bertz CT molecular complexity index is 172. The minimum absolute atomic E-state index is 0.135. The van der Waals surface area contributed by atoms with Gasteiger partial charge < -0.3 is 15.5 Å². The van der Waals surface area contributed by atoms with Gasteiger partial charge in [0.15, 0.2) is 0 Å². The van der Waals surface area contributed by atoms with Gasteiger partial charge in [0.05, 0.1) is 0 Å². The van der Waals surface area contributed by atoms with Crippen molar-refractivity contribution in [2.24, 2.45) is 11.7 Å². The fraction of sp³-hybridized carbons (Fsp3) is 0.875. The van der Waals surface area contributed by atoms with E-state index in [-0.39, 0.29) is 6.03 Å². The summed E-state index contributed by atoms with van der Waals surface area (Å²) in [4.78, 5) is 15.0. The van der Waals surface area contributed by atoms with E-state index in [1.807, 2.05) is 11.9 Å². The van der Waals surface area contributed by atoms with E-state index in [0.29, 0.717) is 12.5 Å². The van der Waals surface area contributed by atoms with Crippen LogP contribution in [-0.4, -0.2) is 49.1 Å². The van der Waals surface area contributed by atoms with Crippen LogP contribution in [0.25, 0.3) is 0 Å². The van der Waals surface area contributed by atoms with Crippen molar-refractivity contribution >= 4 is 6.03 Å². The molecule has 1 rings (SSSR count). The van der Waals surface area contributed by atoms with Crippen LogP contribution in [0.3, 0.4) is 0 Å². The normalized spacial score (nSPS) is 20.4. The van der Waals surface area contributed by atoms with Crippen LogP contribution in [0.15, 0.2) is 0 Å². The molecule has 4 nitrogen and oxygen atoms in total. The third-order valence-electron chi connectivity index (χ3n) is 2.24. The van der Waals surface area contributed by atoms with Crippen LogP contribution in [0.5, 0.6) is 0 Å². The molecule has 0 radical (unpaired) electrons. The van der Waals surface area contributed by atoms with Gasteiger partial charge in [-0.25, -0.2) is 4.79 Å². The highest BCUT2D eigenvalue weighted by Crippen LogP contribution is 2.08. The zero-order valence-electron chi connectivity index (χ0n) is 7.79. The van der Waals surface area contributed by atoms with Gasteiger partial charge in [-0.2, -0.15) is 0 Å². The molecule has 1 aliphatic rings. The van der Waals surface area contributed by atoms with Crippen molar-refractivity contribution in [2.75, 3.05) is 33.2 Å². The molecule has 1 saturated heterocycles. The molecule has 0 aromatic rings. The number of urea groups is 1. The maximum Gasteiger partial charge on any atom is 0.319 e. The number of hydrogen-bond acceptors (Lipinski definition) is 2. The van der Waals surface area contributed by atoms with Gasteiger partial charge in [0.2, 0.25) is 0 Å².